The van der Waals surface area contributed by atoms with Gasteiger partial charge in [0.05, 0.1) is 7.11 Å². The summed E-state index contributed by atoms with van der Waals surface area (Å²) < 4.78 is 5.12. The number of hydrogen-bond donors (Lipinski definition) is 3. The molecule has 1 saturated carbocycles. The van der Waals surface area contributed by atoms with Crippen LogP contribution in [-0.2, 0) is 4.79 Å². The third-order valence-corrected chi connectivity index (χ3v) is 2.79. The molecule has 0 saturated heterocycles. The first-order valence-corrected chi connectivity index (χ1v) is 6.15. The van der Waals surface area contributed by atoms with Gasteiger partial charge in [-0.2, -0.15) is 0 Å². The molecule has 4 N–H and O–H groups in total. The zero-order valence-electron chi connectivity index (χ0n) is 10.5. The Bertz CT molecular complexity index is 430. The maximum Gasteiger partial charge on any atom is 0.221 e. The first-order valence-electron chi connectivity index (χ1n) is 6.15. The maximum atomic E-state index is 11.5. The Morgan fingerprint density at radius 1 is 1.44 bits per heavy atom. The van der Waals surface area contributed by atoms with Crippen molar-refractivity contribution < 1.29 is 9.53 Å². The first-order chi connectivity index (χ1) is 8.67. The van der Waals surface area contributed by atoms with Gasteiger partial charge in [-0.05, 0) is 18.9 Å². The number of ether oxygens (including phenoxy) is 1. The van der Waals surface area contributed by atoms with Crippen molar-refractivity contribution in [3.63, 3.8) is 0 Å². The lowest BCUT2D eigenvalue weighted by molar-refractivity contribution is -0.120. The minimum atomic E-state index is 0.0980. The Morgan fingerprint density at radius 3 is 2.89 bits per heavy atom. The van der Waals surface area contributed by atoms with E-state index in [1.165, 1.54) is 0 Å². The van der Waals surface area contributed by atoms with E-state index in [4.69, 9.17) is 10.5 Å². The van der Waals surface area contributed by atoms with Gasteiger partial charge in [-0.25, -0.2) is 0 Å². The minimum Gasteiger partial charge on any atom is -0.497 e. The van der Waals surface area contributed by atoms with Gasteiger partial charge >= 0.3 is 0 Å². The third-order valence-electron chi connectivity index (χ3n) is 2.79. The van der Waals surface area contributed by atoms with Gasteiger partial charge in [0.2, 0.25) is 5.91 Å². The molecule has 0 bridgehead atoms. The highest BCUT2D eigenvalue weighted by Crippen LogP contribution is 2.22. The van der Waals surface area contributed by atoms with Gasteiger partial charge in [0.15, 0.2) is 0 Å². The largest absolute Gasteiger partial charge is 0.497 e. The van der Waals surface area contributed by atoms with Crippen LogP contribution in [0.3, 0.4) is 0 Å². The molecule has 5 heteroatoms. The molecule has 0 radical (unpaired) electrons. The standard InChI is InChI=1S/C13H19N3O2/c1-18-12-7-9(14)6-11(8-12)15-5-4-13(17)16-10-2-3-10/h6-8,10,15H,2-5,14H2,1H3,(H,16,17). The molecular formula is C13H19N3O2. The second-order valence-corrected chi connectivity index (χ2v) is 4.51. The number of nitrogens with two attached hydrogens (primary N) is 1. The SMILES string of the molecule is COc1cc(N)cc(NCCC(=O)NC2CC2)c1. The molecule has 18 heavy (non-hydrogen) atoms. The van der Waals surface area contributed by atoms with Crippen molar-refractivity contribution in [3.05, 3.63) is 18.2 Å². The zero-order chi connectivity index (χ0) is 13.0. The summed E-state index contributed by atoms with van der Waals surface area (Å²) in [5.41, 5.74) is 7.25. The second kappa shape index (κ2) is 5.62. The number of carbonyl (C=O) groups is 1. The van der Waals surface area contributed by atoms with Gasteiger partial charge < -0.3 is 21.1 Å². The van der Waals surface area contributed by atoms with Gasteiger partial charge in [0.25, 0.3) is 0 Å². The van der Waals surface area contributed by atoms with E-state index in [0.717, 1.165) is 18.5 Å². The molecule has 98 valence electrons. The molecule has 0 atom stereocenters. The number of methoxy groups -OCH3 is 1. The monoisotopic (exact) mass is 249 g/mol. The Balaban J connectivity index is 1.78. The van der Waals surface area contributed by atoms with Crippen LogP contribution in [0.15, 0.2) is 18.2 Å². The number of amides is 1. The van der Waals surface area contributed by atoms with Crippen LogP contribution in [0.1, 0.15) is 19.3 Å². The van der Waals surface area contributed by atoms with Gasteiger partial charge in [-0.3, -0.25) is 4.79 Å². The summed E-state index contributed by atoms with van der Waals surface area (Å²) in [5, 5.41) is 6.11. The first kappa shape index (κ1) is 12.5. The highest BCUT2D eigenvalue weighted by atomic mass is 16.5. The lowest BCUT2D eigenvalue weighted by atomic mass is 10.2. The number of carbonyl (C=O) groups excluding carboxylic acids is 1. The molecule has 1 amide bonds. The van der Waals surface area contributed by atoms with E-state index in [1.807, 2.05) is 12.1 Å². The molecule has 0 aliphatic heterocycles. The predicted molar refractivity (Wildman–Crippen MR) is 71.7 cm³/mol. The van der Waals surface area contributed by atoms with E-state index >= 15 is 0 Å². The van der Waals surface area contributed by atoms with Crippen LogP contribution < -0.4 is 21.1 Å². The molecule has 0 aromatic heterocycles. The zero-order valence-corrected chi connectivity index (χ0v) is 10.5. The van der Waals surface area contributed by atoms with Crippen molar-refractivity contribution in [2.45, 2.75) is 25.3 Å². The molecule has 0 spiro atoms. The van der Waals surface area contributed by atoms with Crippen LogP contribution in [0, 0.1) is 0 Å². The Kier molecular flexibility index (Phi) is 3.92. The van der Waals surface area contributed by atoms with E-state index in [1.54, 1.807) is 13.2 Å². The van der Waals surface area contributed by atoms with Crippen molar-refractivity contribution in [2.24, 2.45) is 0 Å². The second-order valence-electron chi connectivity index (χ2n) is 4.51. The number of nitrogen functional groups attached to an aromatic ring is 1. The van der Waals surface area contributed by atoms with Crippen LogP contribution in [0.2, 0.25) is 0 Å². The number of nitrogens with one attached hydrogen (secondary N) is 2. The molecule has 0 heterocycles. The smallest absolute Gasteiger partial charge is 0.221 e. The summed E-state index contributed by atoms with van der Waals surface area (Å²) in [6.07, 6.45) is 2.70. The summed E-state index contributed by atoms with van der Waals surface area (Å²) >= 11 is 0. The van der Waals surface area contributed by atoms with E-state index < -0.39 is 0 Å². The van der Waals surface area contributed by atoms with E-state index in [0.29, 0.717) is 30.4 Å². The van der Waals surface area contributed by atoms with Crippen LogP contribution in [0.5, 0.6) is 5.75 Å². The number of rotatable bonds is 6. The summed E-state index contributed by atoms with van der Waals surface area (Å²) in [4.78, 5) is 11.5. The topological polar surface area (TPSA) is 76.4 Å². The van der Waals surface area contributed by atoms with Crippen LogP contribution in [0.4, 0.5) is 11.4 Å². The van der Waals surface area contributed by atoms with E-state index in [2.05, 4.69) is 10.6 Å². The van der Waals surface area contributed by atoms with Crippen molar-refractivity contribution in [1.82, 2.24) is 5.32 Å². The molecule has 1 aliphatic carbocycles. The van der Waals surface area contributed by atoms with Gasteiger partial charge in [-0.1, -0.05) is 0 Å². The van der Waals surface area contributed by atoms with Crippen LogP contribution >= 0.6 is 0 Å². The van der Waals surface area contributed by atoms with Crippen molar-refractivity contribution in [1.29, 1.82) is 0 Å². The van der Waals surface area contributed by atoms with Crippen molar-refractivity contribution in [2.75, 3.05) is 24.7 Å². The fourth-order valence-electron chi connectivity index (χ4n) is 1.69. The average molecular weight is 249 g/mol. The molecule has 1 aliphatic rings. The van der Waals surface area contributed by atoms with E-state index in [9.17, 15) is 4.79 Å². The van der Waals surface area contributed by atoms with Crippen LogP contribution in [-0.4, -0.2) is 25.6 Å². The fourth-order valence-corrected chi connectivity index (χ4v) is 1.69. The van der Waals surface area contributed by atoms with Gasteiger partial charge in [-0.15, -0.1) is 0 Å². The summed E-state index contributed by atoms with van der Waals surface area (Å²) in [5.74, 6) is 0.806. The number of benzene rings is 1. The Labute approximate surface area is 107 Å². The molecule has 5 nitrogen and oxygen atoms in total. The van der Waals surface area contributed by atoms with Crippen LogP contribution in [0.25, 0.3) is 0 Å². The number of anilines is 2. The molecule has 1 fully saturated rings. The normalized spacial score (nSPS) is 14.1. The number of hydrogen-bond acceptors (Lipinski definition) is 4. The molecule has 0 unspecified atom stereocenters. The summed E-state index contributed by atoms with van der Waals surface area (Å²) in [6.45, 7) is 0.588. The summed E-state index contributed by atoms with van der Waals surface area (Å²) in [6, 6.07) is 5.85. The molecule has 1 aromatic carbocycles. The summed E-state index contributed by atoms with van der Waals surface area (Å²) in [7, 11) is 1.60. The molecule has 2 rings (SSSR count). The third kappa shape index (κ3) is 3.84. The molecular weight excluding hydrogens is 230 g/mol. The highest BCUT2D eigenvalue weighted by molar-refractivity contribution is 5.77. The van der Waals surface area contributed by atoms with Crippen molar-refractivity contribution >= 4 is 17.3 Å². The quantitative estimate of drug-likeness (QED) is 0.665. The van der Waals surface area contributed by atoms with Gasteiger partial charge in [0.1, 0.15) is 5.75 Å². The van der Waals surface area contributed by atoms with Gasteiger partial charge in [0, 0.05) is 42.5 Å². The molecule has 1 aromatic rings. The van der Waals surface area contributed by atoms with Crippen molar-refractivity contribution in [3.8, 4) is 5.75 Å². The Morgan fingerprint density at radius 2 is 2.22 bits per heavy atom. The minimum absolute atomic E-state index is 0.0980. The highest BCUT2D eigenvalue weighted by Gasteiger charge is 2.22. The lowest BCUT2D eigenvalue weighted by Crippen LogP contribution is -2.27. The lowest BCUT2D eigenvalue weighted by Gasteiger charge is -2.09. The fraction of sp³-hybridized carbons (Fsp3) is 0.462. The average Bonchev–Trinajstić information content (AvgIpc) is 3.12. The maximum absolute atomic E-state index is 11.5. The predicted octanol–water partition coefficient (Wildman–Crippen LogP) is 1.36. The van der Waals surface area contributed by atoms with E-state index in [-0.39, 0.29) is 5.91 Å². The Hall–Kier alpha value is -1.91.